The molecule has 0 N–H and O–H groups in total. The van der Waals surface area contributed by atoms with E-state index in [9.17, 15) is 4.39 Å². The fraction of sp³-hybridized carbons (Fsp3) is 0.600. The topological polar surface area (TPSA) is 12.5 Å². The van der Waals surface area contributed by atoms with Crippen molar-refractivity contribution in [3.8, 4) is 0 Å². The Labute approximate surface area is 119 Å². The van der Waals surface area contributed by atoms with Crippen LogP contribution >= 0.6 is 11.6 Å². The van der Waals surface area contributed by atoms with E-state index in [-0.39, 0.29) is 11.4 Å². The number of hydrogen-bond donors (Lipinski definition) is 0. The van der Waals surface area contributed by atoms with Gasteiger partial charge in [0.05, 0.1) is 5.60 Å². The van der Waals surface area contributed by atoms with E-state index < -0.39 is 0 Å². The van der Waals surface area contributed by atoms with Crippen LogP contribution in [0.5, 0.6) is 0 Å². The summed E-state index contributed by atoms with van der Waals surface area (Å²) in [7, 11) is 2.03. The molecule has 0 amide bonds. The van der Waals surface area contributed by atoms with Gasteiger partial charge in [-0.1, -0.05) is 11.6 Å². The van der Waals surface area contributed by atoms with Crippen LogP contribution in [0.4, 0.5) is 4.39 Å². The predicted molar refractivity (Wildman–Crippen MR) is 75.9 cm³/mol. The molecule has 19 heavy (non-hydrogen) atoms. The van der Waals surface area contributed by atoms with Crippen molar-refractivity contribution in [3.63, 3.8) is 0 Å². The summed E-state index contributed by atoms with van der Waals surface area (Å²) in [5.41, 5.74) is 0.559. The minimum atomic E-state index is -0.192. The van der Waals surface area contributed by atoms with E-state index >= 15 is 0 Å². The summed E-state index contributed by atoms with van der Waals surface area (Å²) in [6.45, 7) is 5.55. The predicted octanol–water partition coefficient (Wildman–Crippen LogP) is 3.87. The molecule has 1 heterocycles. The molecule has 0 spiro atoms. The Morgan fingerprint density at radius 1 is 1.47 bits per heavy atom. The minimum absolute atomic E-state index is 0.0932. The second-order valence-electron chi connectivity index (χ2n) is 5.91. The van der Waals surface area contributed by atoms with Crippen LogP contribution in [0.1, 0.15) is 32.3 Å². The first-order valence-electron chi connectivity index (χ1n) is 6.65. The summed E-state index contributed by atoms with van der Waals surface area (Å²) in [6, 6.07) is 5.14. The molecule has 1 aromatic rings. The number of hydrogen-bond acceptors (Lipinski definition) is 2. The largest absolute Gasteiger partial charge is 0.375 e. The van der Waals surface area contributed by atoms with E-state index in [0.717, 1.165) is 19.4 Å². The van der Waals surface area contributed by atoms with Gasteiger partial charge in [-0.25, -0.2) is 4.39 Å². The lowest BCUT2D eigenvalue weighted by Gasteiger charge is -2.39. The Bertz CT molecular complexity index is 450. The maximum absolute atomic E-state index is 13.7. The molecule has 1 atom stereocenters. The van der Waals surface area contributed by atoms with Crippen molar-refractivity contribution in [1.82, 2.24) is 4.90 Å². The lowest BCUT2D eigenvalue weighted by molar-refractivity contribution is -0.0810. The first-order chi connectivity index (χ1) is 8.87. The van der Waals surface area contributed by atoms with Gasteiger partial charge in [0.1, 0.15) is 5.82 Å². The van der Waals surface area contributed by atoms with Gasteiger partial charge < -0.3 is 4.74 Å². The second kappa shape index (κ2) is 5.78. The van der Waals surface area contributed by atoms with Crippen molar-refractivity contribution < 1.29 is 9.13 Å². The van der Waals surface area contributed by atoms with Crippen molar-refractivity contribution in [1.29, 1.82) is 0 Å². The van der Waals surface area contributed by atoms with E-state index in [1.807, 2.05) is 7.05 Å². The Kier molecular flexibility index (Phi) is 4.49. The molecule has 0 radical (unpaired) electrons. The lowest BCUT2D eigenvalue weighted by atomic mass is 9.93. The van der Waals surface area contributed by atoms with E-state index in [4.69, 9.17) is 16.3 Å². The fourth-order valence-corrected chi connectivity index (χ4v) is 2.83. The van der Waals surface area contributed by atoms with E-state index in [0.29, 0.717) is 23.2 Å². The molecule has 1 saturated heterocycles. The van der Waals surface area contributed by atoms with Crippen LogP contribution in [0.2, 0.25) is 5.02 Å². The normalized spacial score (nSPS) is 22.7. The van der Waals surface area contributed by atoms with Crippen LogP contribution in [0.3, 0.4) is 0 Å². The van der Waals surface area contributed by atoms with Gasteiger partial charge in [0.15, 0.2) is 0 Å². The molecule has 1 aliphatic rings. The lowest BCUT2D eigenvalue weighted by Crippen LogP contribution is -2.44. The standard InChI is InChI=1S/C15H21ClFNO/c1-15(2)9-13(6-7-19-15)18(3)10-11-8-12(16)4-5-14(11)17/h4-5,8,13H,6-7,9-10H2,1-3H3. The van der Waals surface area contributed by atoms with Gasteiger partial charge >= 0.3 is 0 Å². The fourth-order valence-electron chi connectivity index (χ4n) is 2.64. The van der Waals surface area contributed by atoms with Gasteiger partial charge in [0.2, 0.25) is 0 Å². The highest BCUT2D eigenvalue weighted by Crippen LogP contribution is 2.28. The number of nitrogens with zero attached hydrogens (tertiary/aromatic N) is 1. The van der Waals surface area contributed by atoms with Crippen molar-refractivity contribution in [3.05, 3.63) is 34.6 Å². The molecule has 2 rings (SSSR count). The van der Waals surface area contributed by atoms with Gasteiger partial charge in [0.25, 0.3) is 0 Å². The van der Waals surface area contributed by atoms with Crippen LogP contribution in [-0.4, -0.2) is 30.2 Å². The molecule has 4 heteroatoms. The first-order valence-corrected chi connectivity index (χ1v) is 7.03. The summed E-state index contributed by atoms with van der Waals surface area (Å²) in [6.07, 6.45) is 1.95. The molecule has 0 aliphatic carbocycles. The average Bonchev–Trinajstić information content (AvgIpc) is 2.32. The third-order valence-electron chi connectivity index (χ3n) is 3.72. The highest BCUT2D eigenvalue weighted by molar-refractivity contribution is 6.30. The molecule has 0 bridgehead atoms. The molecule has 0 saturated carbocycles. The van der Waals surface area contributed by atoms with Gasteiger partial charge in [-0.2, -0.15) is 0 Å². The third-order valence-corrected chi connectivity index (χ3v) is 3.96. The van der Waals surface area contributed by atoms with Gasteiger partial charge in [0, 0.05) is 29.8 Å². The monoisotopic (exact) mass is 285 g/mol. The zero-order chi connectivity index (χ0) is 14.0. The summed E-state index contributed by atoms with van der Waals surface area (Å²) in [4.78, 5) is 2.19. The smallest absolute Gasteiger partial charge is 0.127 e. The third kappa shape index (κ3) is 3.91. The average molecular weight is 286 g/mol. The Balaban J connectivity index is 2.04. The molecule has 1 aromatic carbocycles. The molecule has 1 fully saturated rings. The molecule has 106 valence electrons. The second-order valence-corrected chi connectivity index (χ2v) is 6.34. The summed E-state index contributed by atoms with van der Waals surface area (Å²) in [5, 5.41) is 0.581. The van der Waals surface area contributed by atoms with Crippen LogP contribution in [0.25, 0.3) is 0 Å². The molecular formula is C15H21ClFNO. The van der Waals surface area contributed by atoms with Gasteiger partial charge in [-0.3, -0.25) is 4.90 Å². The van der Waals surface area contributed by atoms with Crippen molar-refractivity contribution in [2.75, 3.05) is 13.7 Å². The number of benzene rings is 1. The van der Waals surface area contributed by atoms with Gasteiger partial charge in [-0.05, 0) is 51.9 Å². The van der Waals surface area contributed by atoms with Gasteiger partial charge in [-0.15, -0.1) is 0 Å². The van der Waals surface area contributed by atoms with Crippen LogP contribution in [0, 0.1) is 5.82 Å². The maximum Gasteiger partial charge on any atom is 0.127 e. The van der Waals surface area contributed by atoms with Crippen molar-refractivity contribution >= 4 is 11.6 Å². The highest BCUT2D eigenvalue weighted by Gasteiger charge is 2.31. The van der Waals surface area contributed by atoms with Crippen molar-refractivity contribution in [2.24, 2.45) is 0 Å². The molecule has 1 aliphatic heterocycles. The molecule has 2 nitrogen and oxygen atoms in total. The SMILES string of the molecule is CN(Cc1cc(Cl)ccc1F)C1CCOC(C)(C)C1. The Morgan fingerprint density at radius 3 is 2.89 bits per heavy atom. The first kappa shape index (κ1) is 14.8. The zero-order valence-corrected chi connectivity index (χ0v) is 12.5. The number of rotatable bonds is 3. The molecular weight excluding hydrogens is 265 g/mol. The van der Waals surface area contributed by atoms with E-state index in [1.165, 1.54) is 6.07 Å². The van der Waals surface area contributed by atoms with Crippen molar-refractivity contribution in [2.45, 2.75) is 44.9 Å². The van der Waals surface area contributed by atoms with Crippen LogP contribution in [-0.2, 0) is 11.3 Å². The maximum atomic E-state index is 13.7. The van der Waals surface area contributed by atoms with Crippen LogP contribution in [0.15, 0.2) is 18.2 Å². The number of halogens is 2. The van der Waals surface area contributed by atoms with Crippen LogP contribution < -0.4 is 0 Å². The summed E-state index contributed by atoms with van der Waals surface area (Å²) in [5.74, 6) is -0.192. The summed E-state index contributed by atoms with van der Waals surface area (Å²) < 4.78 is 19.5. The Morgan fingerprint density at radius 2 is 2.21 bits per heavy atom. The number of ether oxygens (including phenoxy) is 1. The van der Waals surface area contributed by atoms with E-state index in [2.05, 4.69) is 18.7 Å². The molecule has 0 aromatic heterocycles. The quantitative estimate of drug-likeness (QED) is 0.836. The minimum Gasteiger partial charge on any atom is -0.375 e. The summed E-state index contributed by atoms with van der Waals surface area (Å²) >= 11 is 5.93. The zero-order valence-electron chi connectivity index (χ0n) is 11.7. The Hall–Kier alpha value is -0.640. The van der Waals surface area contributed by atoms with E-state index in [1.54, 1.807) is 12.1 Å². The highest BCUT2D eigenvalue weighted by atomic mass is 35.5. The molecule has 1 unspecified atom stereocenters.